The standard InChI is InChI=1S/C11H17N3O3S/c1-18(16,17)14-7-6-13-11(15)8-9-2-4-10(12)5-3-9/h2-5,14H,6-8,12H2,1H3,(H,13,15). The summed E-state index contributed by atoms with van der Waals surface area (Å²) in [6, 6.07) is 7.02. The Hall–Kier alpha value is -1.60. The number of carbonyl (C=O) groups excluding carboxylic acids is 1. The largest absolute Gasteiger partial charge is 0.399 e. The quantitative estimate of drug-likeness (QED) is 0.478. The second-order valence-electron chi connectivity index (χ2n) is 3.93. The lowest BCUT2D eigenvalue weighted by Gasteiger charge is -2.06. The van der Waals surface area contributed by atoms with Crippen LogP contribution in [0.3, 0.4) is 0 Å². The SMILES string of the molecule is CS(=O)(=O)NCCNC(=O)Cc1ccc(N)cc1. The number of rotatable bonds is 6. The summed E-state index contributed by atoms with van der Waals surface area (Å²) < 4.78 is 23.8. The minimum atomic E-state index is -3.20. The van der Waals surface area contributed by atoms with Gasteiger partial charge < -0.3 is 11.1 Å². The first kappa shape index (κ1) is 14.5. The second-order valence-corrected chi connectivity index (χ2v) is 5.77. The molecule has 1 amide bonds. The third-order valence-electron chi connectivity index (χ3n) is 2.16. The zero-order valence-corrected chi connectivity index (χ0v) is 11.0. The summed E-state index contributed by atoms with van der Waals surface area (Å²) in [4.78, 5) is 11.5. The average Bonchev–Trinajstić information content (AvgIpc) is 2.26. The van der Waals surface area contributed by atoms with Crippen LogP contribution in [0.1, 0.15) is 5.56 Å². The van der Waals surface area contributed by atoms with E-state index in [0.29, 0.717) is 5.69 Å². The zero-order valence-electron chi connectivity index (χ0n) is 10.1. The highest BCUT2D eigenvalue weighted by molar-refractivity contribution is 7.88. The summed E-state index contributed by atoms with van der Waals surface area (Å²) in [5.41, 5.74) is 7.04. The lowest BCUT2D eigenvalue weighted by molar-refractivity contribution is -0.120. The third kappa shape index (κ3) is 6.21. The lowest BCUT2D eigenvalue weighted by atomic mass is 10.1. The van der Waals surface area contributed by atoms with Crippen molar-refractivity contribution >= 4 is 21.6 Å². The van der Waals surface area contributed by atoms with Crippen molar-refractivity contribution in [2.45, 2.75) is 6.42 Å². The van der Waals surface area contributed by atoms with Crippen molar-refractivity contribution in [3.8, 4) is 0 Å². The zero-order chi connectivity index (χ0) is 13.6. The highest BCUT2D eigenvalue weighted by Gasteiger charge is 2.03. The van der Waals surface area contributed by atoms with Gasteiger partial charge >= 0.3 is 0 Å². The van der Waals surface area contributed by atoms with Crippen LogP contribution in [0.2, 0.25) is 0 Å². The van der Waals surface area contributed by atoms with Gasteiger partial charge in [-0.05, 0) is 17.7 Å². The molecule has 1 aromatic carbocycles. The van der Waals surface area contributed by atoms with E-state index in [9.17, 15) is 13.2 Å². The highest BCUT2D eigenvalue weighted by Crippen LogP contribution is 2.05. The Morgan fingerprint density at radius 1 is 1.22 bits per heavy atom. The Morgan fingerprint density at radius 3 is 2.39 bits per heavy atom. The number of hydrogen-bond donors (Lipinski definition) is 3. The summed E-state index contributed by atoms with van der Waals surface area (Å²) in [5.74, 6) is -0.157. The molecule has 0 saturated carbocycles. The molecule has 0 aliphatic heterocycles. The van der Waals surface area contributed by atoms with Gasteiger partial charge in [0.25, 0.3) is 0 Å². The van der Waals surface area contributed by atoms with Gasteiger partial charge in [-0.3, -0.25) is 4.79 Å². The molecular weight excluding hydrogens is 254 g/mol. The lowest BCUT2D eigenvalue weighted by Crippen LogP contribution is -2.34. The number of sulfonamides is 1. The van der Waals surface area contributed by atoms with Gasteiger partial charge in [0.15, 0.2) is 0 Å². The molecule has 100 valence electrons. The van der Waals surface area contributed by atoms with Crippen molar-refractivity contribution in [2.75, 3.05) is 25.1 Å². The molecule has 0 bridgehead atoms. The minimum absolute atomic E-state index is 0.157. The van der Waals surface area contributed by atoms with E-state index in [1.807, 2.05) is 0 Å². The van der Waals surface area contributed by atoms with Crippen LogP contribution in [0.4, 0.5) is 5.69 Å². The average molecular weight is 271 g/mol. The van der Waals surface area contributed by atoms with Gasteiger partial charge in [-0.2, -0.15) is 0 Å². The molecule has 0 fully saturated rings. The predicted octanol–water partition coefficient (Wildman–Crippen LogP) is -0.523. The number of hydrogen-bond acceptors (Lipinski definition) is 4. The molecule has 0 unspecified atom stereocenters. The molecule has 1 rings (SSSR count). The maximum atomic E-state index is 11.5. The third-order valence-corrected chi connectivity index (χ3v) is 2.88. The van der Waals surface area contributed by atoms with Crippen LogP contribution in [0.25, 0.3) is 0 Å². The normalized spacial score (nSPS) is 11.2. The summed E-state index contributed by atoms with van der Waals surface area (Å²) in [6.07, 6.45) is 1.32. The molecule has 0 radical (unpaired) electrons. The molecule has 6 nitrogen and oxygen atoms in total. The van der Waals surface area contributed by atoms with Crippen LogP contribution in [0.5, 0.6) is 0 Å². The number of amides is 1. The van der Waals surface area contributed by atoms with Crippen LogP contribution in [0, 0.1) is 0 Å². The molecule has 0 heterocycles. The van der Waals surface area contributed by atoms with E-state index in [0.717, 1.165) is 11.8 Å². The smallest absolute Gasteiger partial charge is 0.224 e. The molecule has 0 aromatic heterocycles. The Bertz CT molecular complexity index is 497. The Balaban J connectivity index is 2.28. The Labute approximate surface area is 107 Å². The number of nitrogen functional groups attached to an aromatic ring is 1. The maximum Gasteiger partial charge on any atom is 0.224 e. The monoisotopic (exact) mass is 271 g/mol. The van der Waals surface area contributed by atoms with Crippen molar-refractivity contribution in [3.63, 3.8) is 0 Å². The van der Waals surface area contributed by atoms with Crippen molar-refractivity contribution < 1.29 is 13.2 Å². The second kappa shape index (κ2) is 6.36. The Kier molecular flexibility index (Phi) is 5.11. The maximum absolute atomic E-state index is 11.5. The first-order valence-electron chi connectivity index (χ1n) is 5.42. The van der Waals surface area contributed by atoms with Crippen LogP contribution in [-0.2, 0) is 21.2 Å². The number of benzene rings is 1. The summed E-state index contributed by atoms with van der Waals surface area (Å²) in [7, 11) is -3.20. The topological polar surface area (TPSA) is 101 Å². The van der Waals surface area contributed by atoms with E-state index in [4.69, 9.17) is 5.73 Å². The molecule has 0 saturated heterocycles. The van der Waals surface area contributed by atoms with Gasteiger partial charge in [0.1, 0.15) is 0 Å². The van der Waals surface area contributed by atoms with E-state index < -0.39 is 10.0 Å². The molecule has 18 heavy (non-hydrogen) atoms. The van der Waals surface area contributed by atoms with E-state index in [-0.39, 0.29) is 25.4 Å². The van der Waals surface area contributed by atoms with E-state index >= 15 is 0 Å². The van der Waals surface area contributed by atoms with Gasteiger partial charge in [-0.15, -0.1) is 0 Å². The summed E-state index contributed by atoms with van der Waals surface area (Å²) in [6.45, 7) is 0.452. The highest BCUT2D eigenvalue weighted by atomic mass is 32.2. The fourth-order valence-electron chi connectivity index (χ4n) is 1.32. The van der Waals surface area contributed by atoms with Crippen LogP contribution >= 0.6 is 0 Å². The van der Waals surface area contributed by atoms with E-state index in [1.165, 1.54) is 0 Å². The number of carbonyl (C=O) groups is 1. The van der Waals surface area contributed by atoms with Crippen LogP contribution in [-0.4, -0.2) is 33.7 Å². The molecule has 0 aliphatic carbocycles. The fourth-order valence-corrected chi connectivity index (χ4v) is 1.79. The molecule has 0 atom stereocenters. The molecule has 4 N–H and O–H groups in total. The molecular formula is C11H17N3O3S. The first-order chi connectivity index (χ1) is 8.37. The van der Waals surface area contributed by atoms with E-state index in [2.05, 4.69) is 10.0 Å². The number of nitrogens with one attached hydrogen (secondary N) is 2. The minimum Gasteiger partial charge on any atom is -0.399 e. The molecule has 0 spiro atoms. The molecule has 0 aliphatic rings. The summed E-state index contributed by atoms with van der Waals surface area (Å²) >= 11 is 0. The van der Waals surface area contributed by atoms with Gasteiger partial charge in [0.05, 0.1) is 12.7 Å². The van der Waals surface area contributed by atoms with Crippen molar-refractivity contribution in [2.24, 2.45) is 0 Å². The van der Waals surface area contributed by atoms with E-state index in [1.54, 1.807) is 24.3 Å². The van der Waals surface area contributed by atoms with Crippen molar-refractivity contribution in [1.29, 1.82) is 0 Å². The Morgan fingerprint density at radius 2 is 1.83 bits per heavy atom. The van der Waals surface area contributed by atoms with Gasteiger partial charge in [0, 0.05) is 18.8 Å². The fraction of sp³-hybridized carbons (Fsp3) is 0.364. The summed E-state index contributed by atoms with van der Waals surface area (Å²) in [5, 5.41) is 2.62. The van der Waals surface area contributed by atoms with Gasteiger partial charge in [-0.25, -0.2) is 13.1 Å². The molecule has 7 heteroatoms. The van der Waals surface area contributed by atoms with Gasteiger partial charge in [-0.1, -0.05) is 12.1 Å². The predicted molar refractivity (Wildman–Crippen MR) is 70.4 cm³/mol. The number of anilines is 1. The number of nitrogens with two attached hydrogens (primary N) is 1. The van der Waals surface area contributed by atoms with Crippen LogP contribution < -0.4 is 15.8 Å². The van der Waals surface area contributed by atoms with Crippen molar-refractivity contribution in [3.05, 3.63) is 29.8 Å². The van der Waals surface area contributed by atoms with Crippen molar-refractivity contribution in [1.82, 2.24) is 10.0 Å². The first-order valence-corrected chi connectivity index (χ1v) is 7.32. The molecule has 1 aromatic rings. The van der Waals surface area contributed by atoms with Crippen LogP contribution in [0.15, 0.2) is 24.3 Å². The van der Waals surface area contributed by atoms with Gasteiger partial charge in [0.2, 0.25) is 15.9 Å².